The van der Waals surface area contributed by atoms with Crippen molar-refractivity contribution in [3.05, 3.63) is 71.3 Å². The first kappa shape index (κ1) is 20.1. The van der Waals surface area contributed by atoms with Crippen molar-refractivity contribution in [3.8, 4) is 11.4 Å². The van der Waals surface area contributed by atoms with Gasteiger partial charge in [0.05, 0.1) is 42.5 Å². The first-order chi connectivity index (χ1) is 13.9. The third kappa shape index (κ3) is 4.60. The van der Waals surface area contributed by atoms with Gasteiger partial charge in [0.25, 0.3) is 5.91 Å². The van der Waals surface area contributed by atoms with E-state index in [1.54, 1.807) is 31.2 Å². The predicted molar refractivity (Wildman–Crippen MR) is 107 cm³/mol. The first-order valence-electron chi connectivity index (χ1n) is 8.92. The number of aromatic nitrogens is 2. The molecule has 0 unspecified atom stereocenters. The molecular weight excluding hydrogens is 375 g/mol. The van der Waals surface area contributed by atoms with E-state index in [1.165, 1.54) is 30.1 Å². The predicted octanol–water partition coefficient (Wildman–Crippen LogP) is 3.01. The molecule has 0 aliphatic rings. The van der Waals surface area contributed by atoms with Gasteiger partial charge in [0.1, 0.15) is 11.6 Å². The van der Waals surface area contributed by atoms with Gasteiger partial charge in [-0.2, -0.15) is 5.10 Å². The van der Waals surface area contributed by atoms with E-state index in [9.17, 15) is 14.0 Å². The molecule has 3 aromatic rings. The van der Waals surface area contributed by atoms with Crippen molar-refractivity contribution < 1.29 is 18.7 Å². The van der Waals surface area contributed by atoms with Crippen LogP contribution >= 0.6 is 0 Å². The van der Waals surface area contributed by atoms with E-state index in [-0.39, 0.29) is 18.3 Å². The fraction of sp³-hybridized carbons (Fsp3) is 0.190. The highest BCUT2D eigenvalue weighted by Crippen LogP contribution is 2.25. The zero-order valence-corrected chi connectivity index (χ0v) is 16.3. The summed E-state index contributed by atoms with van der Waals surface area (Å²) in [6.07, 6.45) is 1.41. The molecule has 2 amide bonds. The highest BCUT2D eigenvalue weighted by atomic mass is 19.1. The average molecular weight is 396 g/mol. The molecular formula is C21H21FN4O3. The molecule has 0 bridgehead atoms. The van der Waals surface area contributed by atoms with Crippen LogP contribution in [0.15, 0.2) is 48.7 Å². The van der Waals surface area contributed by atoms with Gasteiger partial charge >= 0.3 is 0 Å². The number of amides is 2. The number of hydrogen-bond donors (Lipinski definition) is 2. The molecule has 2 aromatic carbocycles. The van der Waals surface area contributed by atoms with Gasteiger partial charge in [0.2, 0.25) is 5.91 Å². The molecule has 1 aromatic heterocycles. The van der Waals surface area contributed by atoms with Gasteiger partial charge in [0, 0.05) is 0 Å². The Kier molecular flexibility index (Phi) is 5.92. The zero-order valence-electron chi connectivity index (χ0n) is 16.3. The maximum absolute atomic E-state index is 13.1. The molecule has 0 aliphatic heterocycles. The summed E-state index contributed by atoms with van der Waals surface area (Å²) in [6.45, 7) is 3.42. The molecule has 0 radical (unpaired) electrons. The summed E-state index contributed by atoms with van der Waals surface area (Å²) in [7, 11) is 1.52. The lowest BCUT2D eigenvalue weighted by atomic mass is 10.2. The summed E-state index contributed by atoms with van der Waals surface area (Å²) in [6, 6.07) is 11.2. The van der Waals surface area contributed by atoms with E-state index in [2.05, 4.69) is 15.7 Å². The van der Waals surface area contributed by atoms with Gasteiger partial charge in [0.15, 0.2) is 0 Å². The average Bonchev–Trinajstić information content (AvgIpc) is 3.08. The second-order valence-electron chi connectivity index (χ2n) is 6.47. The maximum Gasteiger partial charge on any atom is 0.255 e. The molecule has 7 nitrogen and oxygen atoms in total. The topological polar surface area (TPSA) is 85.2 Å². The number of nitrogens with zero attached hydrogens (tertiary/aromatic N) is 2. The van der Waals surface area contributed by atoms with Crippen molar-refractivity contribution in [2.45, 2.75) is 13.8 Å². The minimum atomic E-state index is -0.429. The highest BCUT2D eigenvalue weighted by molar-refractivity contribution is 6.00. The van der Waals surface area contributed by atoms with Gasteiger partial charge in [-0.05, 0) is 55.8 Å². The number of ether oxygens (including phenoxy) is 1. The summed E-state index contributed by atoms with van der Waals surface area (Å²) in [5, 5.41) is 9.49. The van der Waals surface area contributed by atoms with Crippen LogP contribution in [0.25, 0.3) is 5.69 Å². The fourth-order valence-electron chi connectivity index (χ4n) is 2.84. The van der Waals surface area contributed by atoms with Crippen LogP contribution in [-0.2, 0) is 4.79 Å². The van der Waals surface area contributed by atoms with Crippen LogP contribution in [0.2, 0.25) is 0 Å². The van der Waals surface area contributed by atoms with Crippen LogP contribution in [0.1, 0.15) is 21.6 Å². The number of hydrogen-bond acceptors (Lipinski definition) is 4. The molecule has 1 heterocycles. The maximum atomic E-state index is 13.1. The third-order valence-electron chi connectivity index (χ3n) is 4.36. The Balaban J connectivity index is 1.65. The van der Waals surface area contributed by atoms with E-state index < -0.39 is 5.91 Å². The Bertz CT molecular complexity index is 1040. The second kappa shape index (κ2) is 8.55. The van der Waals surface area contributed by atoms with Crippen LogP contribution in [0.4, 0.5) is 10.1 Å². The van der Waals surface area contributed by atoms with E-state index >= 15 is 0 Å². The number of methoxy groups -OCH3 is 1. The molecule has 3 rings (SSSR count). The summed E-state index contributed by atoms with van der Waals surface area (Å²) in [4.78, 5) is 24.7. The van der Waals surface area contributed by atoms with Crippen LogP contribution < -0.4 is 15.4 Å². The first-order valence-corrected chi connectivity index (χ1v) is 8.92. The Morgan fingerprint density at radius 3 is 2.55 bits per heavy atom. The van der Waals surface area contributed by atoms with E-state index in [4.69, 9.17) is 4.74 Å². The number of benzene rings is 2. The molecule has 2 N–H and O–H groups in total. The normalized spacial score (nSPS) is 10.5. The number of nitrogens with one attached hydrogen (secondary N) is 2. The minimum absolute atomic E-state index is 0.211. The van der Waals surface area contributed by atoms with Crippen LogP contribution in [0.5, 0.6) is 5.75 Å². The van der Waals surface area contributed by atoms with Gasteiger partial charge in [-0.1, -0.05) is 6.07 Å². The largest absolute Gasteiger partial charge is 0.495 e. The van der Waals surface area contributed by atoms with Crippen molar-refractivity contribution in [2.24, 2.45) is 0 Å². The Morgan fingerprint density at radius 2 is 1.86 bits per heavy atom. The lowest BCUT2D eigenvalue weighted by Crippen LogP contribution is -2.33. The van der Waals surface area contributed by atoms with Crippen molar-refractivity contribution in [1.29, 1.82) is 0 Å². The number of halogens is 1. The van der Waals surface area contributed by atoms with Crippen molar-refractivity contribution in [3.63, 3.8) is 0 Å². The summed E-state index contributed by atoms with van der Waals surface area (Å²) >= 11 is 0. The van der Waals surface area contributed by atoms with E-state index in [0.29, 0.717) is 28.4 Å². The Morgan fingerprint density at radius 1 is 1.14 bits per heavy atom. The van der Waals surface area contributed by atoms with Crippen molar-refractivity contribution in [2.75, 3.05) is 19.0 Å². The fourth-order valence-corrected chi connectivity index (χ4v) is 2.84. The molecule has 0 spiro atoms. The monoisotopic (exact) mass is 396 g/mol. The third-order valence-corrected chi connectivity index (χ3v) is 4.36. The molecule has 0 fully saturated rings. The number of rotatable bonds is 6. The Labute approximate surface area is 167 Å². The van der Waals surface area contributed by atoms with Crippen molar-refractivity contribution >= 4 is 17.5 Å². The Hall–Kier alpha value is -3.68. The second-order valence-corrected chi connectivity index (χ2v) is 6.47. The number of carbonyl (C=O) groups is 2. The molecule has 0 saturated heterocycles. The van der Waals surface area contributed by atoms with E-state index in [1.807, 2.05) is 13.0 Å². The summed E-state index contributed by atoms with van der Waals surface area (Å²) < 4.78 is 19.9. The highest BCUT2D eigenvalue weighted by Gasteiger charge is 2.16. The van der Waals surface area contributed by atoms with Gasteiger partial charge in [-0.3, -0.25) is 9.59 Å². The smallest absolute Gasteiger partial charge is 0.255 e. The van der Waals surface area contributed by atoms with Crippen LogP contribution in [-0.4, -0.2) is 35.2 Å². The molecule has 0 saturated carbocycles. The number of anilines is 1. The van der Waals surface area contributed by atoms with Crippen LogP contribution in [0.3, 0.4) is 0 Å². The number of carbonyl (C=O) groups excluding carboxylic acids is 2. The minimum Gasteiger partial charge on any atom is -0.495 e. The summed E-state index contributed by atoms with van der Waals surface area (Å²) in [5.74, 6) is -0.632. The lowest BCUT2D eigenvalue weighted by Gasteiger charge is -2.11. The SMILES string of the molecule is COc1ccc(C)cc1NC(=O)CNC(=O)c1cnn(-c2ccc(F)cc2)c1C. The van der Waals surface area contributed by atoms with Crippen molar-refractivity contribution in [1.82, 2.24) is 15.1 Å². The standard InChI is InChI=1S/C21H21FN4O3/c1-13-4-9-19(29-3)18(10-13)25-20(27)12-23-21(28)17-11-24-26(14(17)2)16-7-5-15(22)6-8-16/h4-11H,12H2,1-3H3,(H,23,28)(H,25,27). The van der Waals surface area contributed by atoms with Gasteiger partial charge in [-0.25, -0.2) is 9.07 Å². The molecule has 150 valence electrons. The molecule has 0 aliphatic carbocycles. The van der Waals surface area contributed by atoms with Gasteiger partial charge in [-0.15, -0.1) is 0 Å². The van der Waals surface area contributed by atoms with Crippen LogP contribution in [0, 0.1) is 19.7 Å². The van der Waals surface area contributed by atoms with Gasteiger partial charge < -0.3 is 15.4 Å². The number of aryl methyl sites for hydroxylation is 1. The van der Waals surface area contributed by atoms with E-state index in [0.717, 1.165) is 5.56 Å². The lowest BCUT2D eigenvalue weighted by molar-refractivity contribution is -0.115. The molecule has 8 heteroatoms. The quantitative estimate of drug-likeness (QED) is 0.671. The molecule has 0 atom stereocenters. The zero-order chi connectivity index (χ0) is 21.0. The summed E-state index contributed by atoms with van der Waals surface area (Å²) in [5.41, 5.74) is 3.04. The molecule has 29 heavy (non-hydrogen) atoms.